The van der Waals surface area contributed by atoms with Crippen molar-refractivity contribution in [2.24, 2.45) is 0 Å². The first-order valence-electron chi connectivity index (χ1n) is 8.59. The third-order valence-electron chi connectivity index (χ3n) is 4.57. The number of halogens is 1. The minimum absolute atomic E-state index is 0.234. The zero-order chi connectivity index (χ0) is 18.8. The number of nitrogens with one attached hydrogen (secondary N) is 2. The molecule has 1 fully saturated rings. The van der Waals surface area contributed by atoms with Crippen molar-refractivity contribution in [2.75, 3.05) is 16.8 Å². The van der Waals surface area contributed by atoms with Crippen molar-refractivity contribution in [2.45, 2.75) is 39.8 Å². The van der Waals surface area contributed by atoms with Gasteiger partial charge in [0.25, 0.3) is 0 Å². The van der Waals surface area contributed by atoms with Crippen LogP contribution in [0.2, 0.25) is 0 Å². The summed E-state index contributed by atoms with van der Waals surface area (Å²) in [6.45, 7) is 6.72. The topological polar surface area (TPSA) is 79.3 Å². The summed E-state index contributed by atoms with van der Waals surface area (Å²) in [6, 6.07) is 4.96. The van der Waals surface area contributed by atoms with Crippen molar-refractivity contribution in [3.63, 3.8) is 0 Å². The molecule has 0 aliphatic carbocycles. The van der Waals surface area contributed by atoms with Crippen LogP contribution in [-0.2, 0) is 11.3 Å². The number of urea groups is 1. The fraction of sp³-hybridized carbons (Fsp3) is 0.389. The Labute approximate surface area is 151 Å². The van der Waals surface area contributed by atoms with Gasteiger partial charge >= 0.3 is 6.03 Å². The van der Waals surface area contributed by atoms with Gasteiger partial charge in [-0.2, -0.15) is 5.10 Å². The monoisotopic (exact) mass is 359 g/mol. The van der Waals surface area contributed by atoms with Crippen LogP contribution in [0.25, 0.3) is 0 Å². The van der Waals surface area contributed by atoms with Crippen LogP contribution in [0.1, 0.15) is 24.7 Å². The van der Waals surface area contributed by atoms with Crippen molar-refractivity contribution in [3.05, 3.63) is 41.5 Å². The number of aryl methyl sites for hydroxylation is 2. The molecule has 3 rings (SSSR count). The van der Waals surface area contributed by atoms with Gasteiger partial charge in [-0.25, -0.2) is 9.18 Å². The first kappa shape index (κ1) is 17.9. The van der Waals surface area contributed by atoms with Crippen molar-refractivity contribution < 1.29 is 14.0 Å². The number of hydrogen-bond donors (Lipinski definition) is 2. The van der Waals surface area contributed by atoms with Gasteiger partial charge in [-0.05, 0) is 39.3 Å². The third-order valence-corrected chi connectivity index (χ3v) is 4.57. The lowest BCUT2D eigenvalue weighted by atomic mass is 10.2. The standard InChI is InChI=1S/C18H22FN5O2/c1-4-24-12(3)16(11(2)22-24)21-18(26)20-14-9-10-23(17(14)25)15-8-6-5-7-13(15)19/h5-8,14H,4,9-10H2,1-3H3,(H2,20,21,26). The van der Waals surface area contributed by atoms with Crippen molar-refractivity contribution in [1.82, 2.24) is 15.1 Å². The van der Waals surface area contributed by atoms with E-state index in [1.54, 1.807) is 22.9 Å². The number of hydrogen-bond acceptors (Lipinski definition) is 3. The smallest absolute Gasteiger partial charge is 0.319 e. The van der Waals surface area contributed by atoms with Crippen LogP contribution < -0.4 is 15.5 Å². The normalized spacial score (nSPS) is 16.8. The Morgan fingerprint density at radius 1 is 1.35 bits per heavy atom. The number of carbonyl (C=O) groups is 2. The zero-order valence-electron chi connectivity index (χ0n) is 15.0. The van der Waals surface area contributed by atoms with E-state index in [0.717, 1.165) is 5.69 Å². The molecule has 2 heterocycles. The molecule has 1 aromatic heterocycles. The van der Waals surface area contributed by atoms with E-state index in [2.05, 4.69) is 15.7 Å². The summed E-state index contributed by atoms with van der Waals surface area (Å²) in [5, 5.41) is 9.79. The first-order valence-corrected chi connectivity index (χ1v) is 8.59. The van der Waals surface area contributed by atoms with Gasteiger partial charge in [0.1, 0.15) is 11.9 Å². The van der Waals surface area contributed by atoms with Crippen molar-refractivity contribution in [1.29, 1.82) is 0 Å². The molecular weight excluding hydrogens is 337 g/mol. The van der Waals surface area contributed by atoms with Gasteiger partial charge < -0.3 is 15.5 Å². The molecule has 1 aliphatic heterocycles. The van der Waals surface area contributed by atoms with Crippen LogP contribution in [0, 0.1) is 19.7 Å². The van der Waals surface area contributed by atoms with E-state index in [9.17, 15) is 14.0 Å². The number of amides is 3. The Kier molecular flexibility index (Phi) is 4.92. The predicted molar refractivity (Wildman–Crippen MR) is 96.7 cm³/mol. The van der Waals surface area contributed by atoms with Gasteiger partial charge in [0.05, 0.1) is 22.8 Å². The number of carbonyl (C=O) groups excluding carboxylic acids is 2. The Bertz CT molecular complexity index is 848. The maximum Gasteiger partial charge on any atom is 0.319 e. The second-order valence-electron chi connectivity index (χ2n) is 6.24. The summed E-state index contributed by atoms with van der Waals surface area (Å²) in [4.78, 5) is 26.2. The van der Waals surface area contributed by atoms with Crippen LogP contribution in [-0.4, -0.2) is 34.3 Å². The van der Waals surface area contributed by atoms with Crippen LogP contribution in [0.3, 0.4) is 0 Å². The minimum Gasteiger partial charge on any atom is -0.326 e. The zero-order valence-corrected chi connectivity index (χ0v) is 15.0. The molecule has 1 atom stereocenters. The maximum absolute atomic E-state index is 13.9. The molecule has 2 aromatic rings. The van der Waals surface area contributed by atoms with Gasteiger partial charge in [-0.3, -0.25) is 9.48 Å². The third kappa shape index (κ3) is 3.26. The molecule has 0 radical (unpaired) electrons. The fourth-order valence-corrected chi connectivity index (χ4v) is 3.22. The number of nitrogens with zero attached hydrogens (tertiary/aromatic N) is 3. The molecule has 7 nitrogen and oxygen atoms in total. The van der Waals surface area contributed by atoms with Crippen LogP contribution in [0.5, 0.6) is 0 Å². The maximum atomic E-state index is 13.9. The van der Waals surface area contributed by atoms with E-state index in [4.69, 9.17) is 0 Å². The molecular formula is C18H22FN5O2. The molecule has 1 unspecified atom stereocenters. The summed E-state index contributed by atoms with van der Waals surface area (Å²) in [7, 11) is 0. The molecule has 2 N–H and O–H groups in total. The van der Waals surface area contributed by atoms with Crippen molar-refractivity contribution in [3.8, 4) is 0 Å². The first-order chi connectivity index (χ1) is 12.4. The van der Waals surface area contributed by atoms with Gasteiger partial charge in [0, 0.05) is 13.1 Å². The lowest BCUT2D eigenvalue weighted by molar-refractivity contribution is -0.118. The van der Waals surface area contributed by atoms with E-state index >= 15 is 0 Å². The largest absolute Gasteiger partial charge is 0.326 e. The highest BCUT2D eigenvalue weighted by atomic mass is 19.1. The highest BCUT2D eigenvalue weighted by Gasteiger charge is 2.34. The second-order valence-corrected chi connectivity index (χ2v) is 6.24. The molecule has 1 saturated heterocycles. The molecule has 1 aromatic carbocycles. The molecule has 0 saturated carbocycles. The van der Waals surface area contributed by atoms with E-state index < -0.39 is 17.9 Å². The SMILES string of the molecule is CCn1nc(C)c(NC(=O)NC2CCN(c3ccccc3F)C2=O)c1C. The Balaban J connectivity index is 1.67. The molecule has 26 heavy (non-hydrogen) atoms. The molecule has 0 spiro atoms. The Morgan fingerprint density at radius 2 is 2.08 bits per heavy atom. The van der Waals surface area contributed by atoms with E-state index in [1.807, 2.05) is 20.8 Å². The van der Waals surface area contributed by atoms with Crippen molar-refractivity contribution >= 4 is 23.3 Å². The predicted octanol–water partition coefficient (Wildman–Crippen LogP) is 2.59. The fourth-order valence-electron chi connectivity index (χ4n) is 3.22. The average Bonchev–Trinajstić information content (AvgIpc) is 3.10. The highest BCUT2D eigenvalue weighted by Crippen LogP contribution is 2.24. The molecule has 138 valence electrons. The number of rotatable bonds is 4. The minimum atomic E-state index is -0.684. The van der Waals surface area contributed by atoms with Gasteiger partial charge in [-0.1, -0.05) is 12.1 Å². The summed E-state index contributed by atoms with van der Waals surface area (Å²) in [5.74, 6) is -0.771. The number of para-hydroxylation sites is 1. The summed E-state index contributed by atoms with van der Waals surface area (Å²) >= 11 is 0. The van der Waals surface area contributed by atoms with Gasteiger partial charge in [0.15, 0.2) is 0 Å². The molecule has 3 amide bonds. The van der Waals surface area contributed by atoms with Crippen LogP contribution in [0.15, 0.2) is 24.3 Å². The lowest BCUT2D eigenvalue weighted by Crippen LogP contribution is -2.43. The number of aromatic nitrogens is 2. The quantitative estimate of drug-likeness (QED) is 0.881. The molecule has 8 heteroatoms. The number of anilines is 2. The average molecular weight is 359 g/mol. The Hall–Kier alpha value is -2.90. The second kappa shape index (κ2) is 7.15. The van der Waals surface area contributed by atoms with E-state index in [-0.39, 0.29) is 11.6 Å². The van der Waals surface area contributed by atoms with Gasteiger partial charge in [0.2, 0.25) is 5.91 Å². The lowest BCUT2D eigenvalue weighted by Gasteiger charge is -2.18. The number of benzene rings is 1. The summed E-state index contributed by atoms with van der Waals surface area (Å²) in [5.41, 5.74) is 2.44. The molecule has 0 bridgehead atoms. The summed E-state index contributed by atoms with van der Waals surface area (Å²) in [6.07, 6.45) is 0.423. The molecule has 1 aliphatic rings. The highest BCUT2D eigenvalue weighted by molar-refractivity contribution is 6.02. The van der Waals surface area contributed by atoms with Gasteiger partial charge in [-0.15, -0.1) is 0 Å². The van der Waals surface area contributed by atoms with E-state index in [0.29, 0.717) is 30.9 Å². The van der Waals surface area contributed by atoms with Crippen LogP contribution >= 0.6 is 0 Å². The Morgan fingerprint density at radius 3 is 2.73 bits per heavy atom. The van der Waals surface area contributed by atoms with Crippen LogP contribution in [0.4, 0.5) is 20.6 Å². The van der Waals surface area contributed by atoms with E-state index in [1.165, 1.54) is 11.0 Å². The summed E-state index contributed by atoms with van der Waals surface area (Å²) < 4.78 is 15.7.